The first-order valence-electron chi connectivity index (χ1n) is 4.19. The highest BCUT2D eigenvalue weighted by atomic mass is 16.3. The Kier molecular flexibility index (Phi) is 1.83. The summed E-state index contributed by atoms with van der Waals surface area (Å²) in [5.74, 6) is -0.402. The molecule has 68 valence electrons. The second-order valence-corrected chi connectivity index (χ2v) is 3.08. The minimum Gasteiger partial charge on any atom is -0.499 e. The Hall–Kier alpha value is -2.08. The summed E-state index contributed by atoms with van der Waals surface area (Å²) < 4.78 is 0. The molecule has 0 bridgehead atoms. The Bertz CT molecular complexity index is 480. The SMILES string of the molecule is N#C/C(O)=C1\CC(=O)c2ccccc21. The Morgan fingerprint density at radius 1 is 1.36 bits per heavy atom. The molecule has 0 unspecified atom stereocenters. The maximum atomic E-state index is 11.4. The van der Waals surface area contributed by atoms with Crippen LogP contribution in [0.25, 0.3) is 5.57 Å². The van der Waals surface area contributed by atoms with Crippen molar-refractivity contribution in [3.05, 3.63) is 41.2 Å². The third kappa shape index (κ3) is 1.09. The minimum atomic E-state index is -0.358. The second-order valence-electron chi connectivity index (χ2n) is 3.08. The van der Waals surface area contributed by atoms with Gasteiger partial charge in [-0.25, -0.2) is 0 Å². The van der Waals surface area contributed by atoms with Crippen molar-refractivity contribution in [3.8, 4) is 6.07 Å². The fourth-order valence-corrected chi connectivity index (χ4v) is 1.62. The Balaban J connectivity index is 2.68. The van der Waals surface area contributed by atoms with Gasteiger partial charge in [0, 0.05) is 17.6 Å². The van der Waals surface area contributed by atoms with E-state index >= 15 is 0 Å². The average molecular weight is 185 g/mol. The van der Waals surface area contributed by atoms with E-state index in [1.807, 2.05) is 0 Å². The van der Waals surface area contributed by atoms with E-state index in [2.05, 4.69) is 0 Å². The summed E-state index contributed by atoms with van der Waals surface area (Å²) in [4.78, 5) is 11.4. The van der Waals surface area contributed by atoms with Gasteiger partial charge in [-0.15, -0.1) is 0 Å². The van der Waals surface area contributed by atoms with Crippen molar-refractivity contribution in [2.75, 3.05) is 0 Å². The van der Waals surface area contributed by atoms with Crippen LogP contribution < -0.4 is 0 Å². The number of hydrogen-bond acceptors (Lipinski definition) is 3. The van der Waals surface area contributed by atoms with E-state index in [0.29, 0.717) is 16.7 Å². The fourth-order valence-electron chi connectivity index (χ4n) is 1.62. The first kappa shape index (κ1) is 8.52. The van der Waals surface area contributed by atoms with E-state index in [0.717, 1.165) is 0 Å². The largest absolute Gasteiger partial charge is 0.499 e. The van der Waals surface area contributed by atoms with Gasteiger partial charge < -0.3 is 5.11 Å². The molecular formula is C11H7NO2. The number of aliphatic hydroxyl groups is 1. The molecule has 1 aromatic carbocycles. The number of nitrogens with zero attached hydrogens (tertiary/aromatic N) is 1. The van der Waals surface area contributed by atoms with Crippen LogP contribution in [0.3, 0.4) is 0 Å². The summed E-state index contributed by atoms with van der Waals surface area (Å²) in [6.45, 7) is 0. The highest BCUT2D eigenvalue weighted by Crippen LogP contribution is 2.33. The van der Waals surface area contributed by atoms with Crippen molar-refractivity contribution >= 4 is 11.4 Å². The summed E-state index contributed by atoms with van der Waals surface area (Å²) in [6, 6.07) is 8.64. The molecule has 0 atom stereocenters. The summed E-state index contributed by atoms with van der Waals surface area (Å²) >= 11 is 0. The van der Waals surface area contributed by atoms with E-state index in [4.69, 9.17) is 5.26 Å². The number of rotatable bonds is 0. The number of carbonyl (C=O) groups excluding carboxylic acids is 1. The molecular weight excluding hydrogens is 178 g/mol. The Morgan fingerprint density at radius 2 is 2.00 bits per heavy atom. The second kappa shape index (κ2) is 3.00. The van der Waals surface area contributed by atoms with Gasteiger partial charge in [0.2, 0.25) is 0 Å². The molecule has 0 aromatic heterocycles. The van der Waals surface area contributed by atoms with Gasteiger partial charge in [-0.2, -0.15) is 5.26 Å². The predicted molar refractivity (Wildman–Crippen MR) is 50.6 cm³/mol. The van der Waals surface area contributed by atoms with Gasteiger partial charge in [0.05, 0.1) is 0 Å². The van der Waals surface area contributed by atoms with Crippen LogP contribution in [0.2, 0.25) is 0 Å². The summed E-state index contributed by atoms with van der Waals surface area (Å²) in [6.07, 6.45) is 0.124. The zero-order valence-electron chi connectivity index (χ0n) is 7.32. The number of allylic oxidation sites excluding steroid dienone is 2. The van der Waals surface area contributed by atoms with Gasteiger partial charge >= 0.3 is 0 Å². The molecule has 3 heteroatoms. The molecule has 0 heterocycles. The van der Waals surface area contributed by atoms with Crippen molar-refractivity contribution in [3.63, 3.8) is 0 Å². The molecule has 0 spiro atoms. The van der Waals surface area contributed by atoms with Gasteiger partial charge in [-0.1, -0.05) is 24.3 Å². The van der Waals surface area contributed by atoms with Crippen LogP contribution in [0.1, 0.15) is 22.3 Å². The van der Waals surface area contributed by atoms with Gasteiger partial charge in [-0.3, -0.25) is 4.79 Å². The standard InChI is InChI=1S/C11H7NO2/c12-6-11(14)9-5-10(13)8-4-2-1-3-7(8)9/h1-4,14H,5H2/b11-9-. The molecule has 0 saturated heterocycles. The maximum Gasteiger partial charge on any atom is 0.198 e. The number of aliphatic hydroxyl groups excluding tert-OH is 1. The van der Waals surface area contributed by atoms with Crippen molar-refractivity contribution in [1.82, 2.24) is 0 Å². The van der Waals surface area contributed by atoms with E-state index in [1.54, 1.807) is 30.3 Å². The molecule has 0 aliphatic heterocycles. The van der Waals surface area contributed by atoms with Crippen LogP contribution in [0.4, 0.5) is 0 Å². The number of Topliss-reactive ketones (excluding diaryl/α,β-unsaturated/α-hetero) is 1. The van der Waals surface area contributed by atoms with Crippen LogP contribution in [-0.4, -0.2) is 10.9 Å². The highest BCUT2D eigenvalue weighted by Gasteiger charge is 2.26. The quantitative estimate of drug-likeness (QED) is 0.382. The number of benzene rings is 1. The predicted octanol–water partition coefficient (Wildman–Crippen LogP) is 2.07. The van der Waals surface area contributed by atoms with Crippen molar-refractivity contribution in [2.24, 2.45) is 0 Å². The highest BCUT2D eigenvalue weighted by molar-refractivity contribution is 6.12. The van der Waals surface area contributed by atoms with Gasteiger partial charge in [0.15, 0.2) is 11.5 Å². The zero-order valence-corrected chi connectivity index (χ0v) is 7.32. The normalized spacial score (nSPS) is 17.5. The van der Waals surface area contributed by atoms with E-state index < -0.39 is 0 Å². The molecule has 1 N–H and O–H groups in total. The number of hydrogen-bond donors (Lipinski definition) is 1. The van der Waals surface area contributed by atoms with Crippen molar-refractivity contribution < 1.29 is 9.90 Å². The third-order valence-electron chi connectivity index (χ3n) is 2.28. The van der Waals surface area contributed by atoms with Crippen LogP contribution >= 0.6 is 0 Å². The monoisotopic (exact) mass is 185 g/mol. The number of nitriles is 1. The van der Waals surface area contributed by atoms with E-state index in [9.17, 15) is 9.90 Å². The smallest absolute Gasteiger partial charge is 0.198 e. The van der Waals surface area contributed by atoms with E-state index in [-0.39, 0.29) is 18.0 Å². The van der Waals surface area contributed by atoms with Crippen LogP contribution in [0, 0.1) is 11.3 Å². The third-order valence-corrected chi connectivity index (χ3v) is 2.28. The fraction of sp³-hybridized carbons (Fsp3) is 0.0909. The van der Waals surface area contributed by atoms with Crippen LogP contribution in [-0.2, 0) is 0 Å². The summed E-state index contributed by atoms with van der Waals surface area (Å²) in [7, 11) is 0. The number of ketones is 1. The molecule has 0 saturated carbocycles. The summed E-state index contributed by atoms with van der Waals surface area (Å²) in [5, 5.41) is 17.8. The average Bonchev–Trinajstić information content (AvgIpc) is 2.56. The zero-order chi connectivity index (χ0) is 10.1. The topological polar surface area (TPSA) is 61.1 Å². The molecule has 14 heavy (non-hydrogen) atoms. The van der Waals surface area contributed by atoms with E-state index in [1.165, 1.54) is 0 Å². The molecule has 3 nitrogen and oxygen atoms in total. The molecule has 1 aromatic rings. The molecule has 0 radical (unpaired) electrons. The van der Waals surface area contributed by atoms with Gasteiger partial charge in [-0.05, 0) is 5.56 Å². The van der Waals surface area contributed by atoms with Crippen molar-refractivity contribution in [1.29, 1.82) is 5.26 Å². The van der Waals surface area contributed by atoms with Crippen LogP contribution in [0.5, 0.6) is 0 Å². The number of fused-ring (bicyclic) bond motifs is 1. The minimum absolute atomic E-state index is 0.0441. The molecule has 0 amide bonds. The maximum absolute atomic E-state index is 11.4. The Labute approximate surface area is 80.9 Å². The van der Waals surface area contributed by atoms with Crippen molar-refractivity contribution in [2.45, 2.75) is 6.42 Å². The summed E-state index contributed by atoms with van der Waals surface area (Å²) in [5.41, 5.74) is 1.70. The lowest BCUT2D eigenvalue weighted by Crippen LogP contribution is -1.89. The molecule has 2 rings (SSSR count). The number of carbonyl (C=O) groups is 1. The first-order chi connectivity index (χ1) is 6.74. The first-order valence-corrected chi connectivity index (χ1v) is 4.19. The van der Waals surface area contributed by atoms with Gasteiger partial charge in [0.25, 0.3) is 0 Å². The molecule has 0 fully saturated rings. The lowest BCUT2D eigenvalue weighted by Gasteiger charge is -1.97. The Morgan fingerprint density at radius 3 is 2.64 bits per heavy atom. The molecule has 1 aliphatic carbocycles. The lowest BCUT2D eigenvalue weighted by atomic mass is 10.1. The van der Waals surface area contributed by atoms with Gasteiger partial charge in [0.1, 0.15) is 6.07 Å². The lowest BCUT2D eigenvalue weighted by molar-refractivity contribution is 0.100. The van der Waals surface area contributed by atoms with Crippen LogP contribution in [0.15, 0.2) is 30.0 Å². The molecule has 1 aliphatic rings.